The van der Waals surface area contributed by atoms with Gasteiger partial charge in [0.25, 0.3) is 0 Å². The molecule has 0 aromatic heterocycles. The molecule has 408 valence electrons. The summed E-state index contributed by atoms with van der Waals surface area (Å²) in [5, 5.41) is 0. The topological polar surface area (TPSA) is 12.5 Å². The Morgan fingerprint density at radius 1 is 0.600 bits per heavy atom. The van der Waals surface area contributed by atoms with Gasteiger partial charge < -0.3 is 9.64 Å². The number of hydrogen-bond acceptors (Lipinski definition) is 2. The molecule has 0 bridgehead atoms. The third-order valence-corrected chi connectivity index (χ3v) is 21.2. The quantitative estimate of drug-likeness (QED) is 0.0450. The second-order valence-corrected chi connectivity index (χ2v) is 26.8. The molecular formula is C68H125NO. The van der Waals surface area contributed by atoms with Gasteiger partial charge in [0, 0.05) is 13.2 Å². The number of likely N-dealkylation sites (tertiary alicyclic amines) is 1. The molecule has 0 aromatic rings. The van der Waals surface area contributed by atoms with Crippen LogP contribution in [-0.4, -0.2) is 37.2 Å². The highest BCUT2D eigenvalue weighted by atomic mass is 16.5. The summed E-state index contributed by atoms with van der Waals surface area (Å²) in [6.07, 6.45) is 69.4. The fourth-order valence-corrected chi connectivity index (χ4v) is 16.9. The maximum atomic E-state index is 6.69. The Balaban J connectivity index is 0.884. The zero-order valence-electron chi connectivity index (χ0n) is 48.9. The molecule has 5 rings (SSSR count). The predicted molar refractivity (Wildman–Crippen MR) is 310 cm³/mol. The van der Waals surface area contributed by atoms with Crippen LogP contribution in [0.25, 0.3) is 0 Å². The van der Waals surface area contributed by atoms with E-state index in [0.717, 1.165) is 42.1 Å². The van der Waals surface area contributed by atoms with Crippen molar-refractivity contribution in [1.82, 2.24) is 4.90 Å². The van der Waals surface area contributed by atoms with E-state index < -0.39 is 0 Å². The lowest BCUT2D eigenvalue weighted by Crippen LogP contribution is -2.54. The Morgan fingerprint density at radius 3 is 1.86 bits per heavy atom. The van der Waals surface area contributed by atoms with Crippen LogP contribution in [0.4, 0.5) is 0 Å². The first-order valence-corrected chi connectivity index (χ1v) is 32.8. The number of rotatable bonds is 39. The van der Waals surface area contributed by atoms with E-state index in [4.69, 9.17) is 4.74 Å². The molecule has 4 aliphatic carbocycles. The third-order valence-electron chi connectivity index (χ3n) is 21.2. The van der Waals surface area contributed by atoms with Crippen LogP contribution < -0.4 is 0 Å². The molecule has 9 atom stereocenters. The van der Waals surface area contributed by atoms with Crippen molar-refractivity contribution in [2.75, 3.05) is 26.2 Å². The van der Waals surface area contributed by atoms with Crippen LogP contribution in [0, 0.1) is 51.8 Å². The van der Waals surface area contributed by atoms with Crippen LogP contribution >= 0.6 is 0 Å². The van der Waals surface area contributed by atoms with Crippen molar-refractivity contribution < 1.29 is 4.74 Å². The smallest absolute Gasteiger partial charge is 0.0702 e. The Kier molecular flexibility index (Phi) is 29.4. The SMILES string of the molecule is CCCCCCCCC=CCCCCCCCCCCCCC(CN1CCCCC1)OCCCCCCCCCC1CCC2(C)C(=CCCC3(CC)C2CCC2(C)C(C(C)CCCC(C)C)CCC23)C1. The molecule has 1 aliphatic heterocycles. The van der Waals surface area contributed by atoms with E-state index in [0.29, 0.717) is 22.3 Å². The van der Waals surface area contributed by atoms with Gasteiger partial charge in [-0.05, 0) is 180 Å². The number of hydrogen-bond donors (Lipinski definition) is 0. The van der Waals surface area contributed by atoms with Crippen molar-refractivity contribution in [3.63, 3.8) is 0 Å². The van der Waals surface area contributed by atoms with Crippen LogP contribution in [0.1, 0.15) is 325 Å². The molecule has 0 N–H and O–H groups in total. The minimum absolute atomic E-state index is 0.459. The van der Waals surface area contributed by atoms with E-state index in [2.05, 4.69) is 71.6 Å². The lowest BCUT2D eigenvalue weighted by Gasteiger charge is -2.62. The zero-order chi connectivity index (χ0) is 49.8. The predicted octanol–water partition coefficient (Wildman–Crippen LogP) is 21.8. The Labute approximate surface area is 440 Å². The van der Waals surface area contributed by atoms with Gasteiger partial charge in [-0.3, -0.25) is 0 Å². The minimum Gasteiger partial charge on any atom is -0.377 e. The van der Waals surface area contributed by atoms with Gasteiger partial charge in [0.1, 0.15) is 0 Å². The van der Waals surface area contributed by atoms with Crippen molar-refractivity contribution in [2.24, 2.45) is 51.8 Å². The van der Waals surface area contributed by atoms with Crippen molar-refractivity contribution in [2.45, 2.75) is 331 Å². The van der Waals surface area contributed by atoms with Crippen molar-refractivity contribution in [3.8, 4) is 0 Å². The van der Waals surface area contributed by atoms with E-state index >= 15 is 0 Å². The van der Waals surface area contributed by atoms with Gasteiger partial charge in [0.2, 0.25) is 0 Å². The molecule has 0 radical (unpaired) electrons. The highest BCUT2D eigenvalue weighted by Gasteiger charge is 2.64. The Morgan fingerprint density at radius 2 is 1.21 bits per heavy atom. The zero-order valence-corrected chi connectivity index (χ0v) is 48.9. The summed E-state index contributed by atoms with van der Waals surface area (Å²) in [5.74, 6) is 5.55. The molecule has 1 saturated heterocycles. The fourth-order valence-electron chi connectivity index (χ4n) is 16.9. The Bertz CT molecular complexity index is 1370. The molecule has 5 aliphatic rings. The van der Waals surface area contributed by atoms with Gasteiger partial charge in [-0.1, -0.05) is 233 Å². The highest BCUT2D eigenvalue weighted by molar-refractivity contribution is 5.25. The summed E-state index contributed by atoms with van der Waals surface area (Å²) in [6, 6.07) is 0. The molecular weight excluding hydrogens is 847 g/mol. The van der Waals surface area contributed by atoms with E-state index in [9.17, 15) is 0 Å². The van der Waals surface area contributed by atoms with E-state index in [1.54, 1.807) is 0 Å². The first-order chi connectivity index (χ1) is 34.2. The van der Waals surface area contributed by atoms with E-state index in [-0.39, 0.29) is 0 Å². The third kappa shape index (κ3) is 19.5. The average molecular weight is 973 g/mol. The summed E-state index contributed by atoms with van der Waals surface area (Å²) < 4.78 is 6.69. The number of fused-ring (bicyclic) bond motifs is 5. The van der Waals surface area contributed by atoms with Gasteiger partial charge in [0.05, 0.1) is 6.10 Å². The monoisotopic (exact) mass is 972 g/mol. The summed E-state index contributed by atoms with van der Waals surface area (Å²) in [5.41, 5.74) is 3.55. The number of unbranched alkanes of at least 4 members (excludes halogenated alkanes) is 22. The molecule has 0 amide bonds. The molecule has 4 fully saturated rings. The molecule has 2 nitrogen and oxygen atoms in total. The minimum atomic E-state index is 0.459. The van der Waals surface area contributed by atoms with E-state index in [1.807, 2.05) is 5.57 Å². The lowest BCUT2D eigenvalue weighted by molar-refractivity contribution is -0.119. The van der Waals surface area contributed by atoms with Gasteiger partial charge in [0.15, 0.2) is 0 Å². The number of nitrogens with zero attached hydrogens (tertiary/aromatic N) is 1. The van der Waals surface area contributed by atoms with Crippen molar-refractivity contribution in [3.05, 3.63) is 23.8 Å². The van der Waals surface area contributed by atoms with Crippen LogP contribution in [0.15, 0.2) is 23.8 Å². The molecule has 2 heteroatoms. The summed E-state index contributed by atoms with van der Waals surface area (Å²) >= 11 is 0. The van der Waals surface area contributed by atoms with Crippen LogP contribution in [0.2, 0.25) is 0 Å². The summed E-state index contributed by atoms with van der Waals surface area (Å²) in [4.78, 5) is 2.73. The van der Waals surface area contributed by atoms with Crippen molar-refractivity contribution in [1.29, 1.82) is 0 Å². The second-order valence-electron chi connectivity index (χ2n) is 26.8. The van der Waals surface area contributed by atoms with Crippen molar-refractivity contribution >= 4 is 0 Å². The van der Waals surface area contributed by atoms with Crippen LogP contribution in [-0.2, 0) is 4.74 Å². The molecule has 1 heterocycles. The molecule has 0 spiro atoms. The molecule has 3 saturated carbocycles. The normalized spacial score (nSPS) is 29.2. The Hall–Kier alpha value is -0.600. The van der Waals surface area contributed by atoms with Crippen LogP contribution in [0.3, 0.4) is 0 Å². The van der Waals surface area contributed by atoms with Gasteiger partial charge in [-0.15, -0.1) is 0 Å². The first kappa shape index (κ1) is 60.3. The first-order valence-electron chi connectivity index (χ1n) is 32.8. The standard InChI is InChI=1S/C68H125NO/c1-8-10-11-12-13-14-15-16-17-18-19-20-21-22-23-24-25-28-31-35-45-62(57-69-53-36-33-37-54-69)70-55-38-32-29-26-27-30-34-43-60-48-51-66(6)61(56-60)44-40-50-68(9-2)64-47-46-63(59(5)42-39-41-58(3)4)67(64,7)52-49-65(66)68/h16-17,44,58-60,62-65H,8-15,18-43,45-57H2,1-7H3. The second kappa shape index (κ2) is 34.1. The van der Waals surface area contributed by atoms with Gasteiger partial charge in [-0.25, -0.2) is 0 Å². The van der Waals surface area contributed by atoms with Gasteiger partial charge in [-0.2, -0.15) is 0 Å². The highest BCUT2D eigenvalue weighted by Crippen LogP contribution is 2.72. The maximum Gasteiger partial charge on any atom is 0.0702 e. The fraction of sp³-hybridized carbons (Fsp3) is 0.941. The van der Waals surface area contributed by atoms with E-state index in [1.165, 1.54) is 296 Å². The maximum absolute atomic E-state index is 6.69. The molecule has 0 aromatic carbocycles. The van der Waals surface area contributed by atoms with Gasteiger partial charge >= 0.3 is 0 Å². The molecule has 9 unspecified atom stereocenters. The number of piperidine rings is 1. The molecule has 70 heavy (non-hydrogen) atoms. The van der Waals surface area contributed by atoms with Crippen LogP contribution in [0.5, 0.6) is 0 Å². The lowest BCUT2D eigenvalue weighted by atomic mass is 9.42. The largest absolute Gasteiger partial charge is 0.377 e. The number of allylic oxidation sites excluding steroid dienone is 4. The summed E-state index contributed by atoms with van der Waals surface area (Å²) in [6.45, 7) is 22.8. The number of ether oxygens (including phenoxy) is 1. The average Bonchev–Trinajstić information content (AvgIpc) is 3.66. The summed E-state index contributed by atoms with van der Waals surface area (Å²) in [7, 11) is 0.